The zero-order valence-electron chi connectivity index (χ0n) is 17.1. The first-order valence-electron chi connectivity index (χ1n) is 10.1. The Balaban J connectivity index is 1.52. The number of benzene rings is 2. The SMILES string of the molecule is Cn1ccc2ccc(-c3cc(NCC4=CN=CC=C(C#N)C4)cc4nccnc34)cc21. The van der Waals surface area contributed by atoms with Crippen LogP contribution in [0.4, 0.5) is 5.69 Å². The van der Waals surface area contributed by atoms with Crippen LogP contribution in [0.1, 0.15) is 6.42 Å². The summed E-state index contributed by atoms with van der Waals surface area (Å²) in [6.07, 6.45) is 11.3. The van der Waals surface area contributed by atoms with Gasteiger partial charge in [0.25, 0.3) is 0 Å². The van der Waals surface area contributed by atoms with Gasteiger partial charge in [0.15, 0.2) is 0 Å². The van der Waals surface area contributed by atoms with E-state index in [1.807, 2.05) is 12.3 Å². The number of rotatable bonds is 4. The molecular weight excluding hydrogens is 384 g/mol. The van der Waals surface area contributed by atoms with Gasteiger partial charge in [-0.3, -0.25) is 15.0 Å². The van der Waals surface area contributed by atoms with Crippen LogP contribution in [0.25, 0.3) is 33.1 Å². The first-order valence-corrected chi connectivity index (χ1v) is 10.1. The van der Waals surface area contributed by atoms with Gasteiger partial charge < -0.3 is 9.88 Å². The number of hydrogen-bond donors (Lipinski definition) is 1. The zero-order valence-corrected chi connectivity index (χ0v) is 17.1. The number of nitrogens with one attached hydrogen (secondary N) is 1. The second-order valence-electron chi connectivity index (χ2n) is 7.57. The molecule has 0 spiro atoms. The Bertz CT molecular complexity index is 1430. The maximum Gasteiger partial charge on any atom is 0.0966 e. The molecule has 6 heteroatoms. The number of aryl methyl sites for hydroxylation is 1. The highest BCUT2D eigenvalue weighted by molar-refractivity contribution is 5.97. The van der Waals surface area contributed by atoms with Crippen molar-refractivity contribution in [1.82, 2.24) is 14.5 Å². The Morgan fingerprint density at radius 1 is 1.13 bits per heavy atom. The fraction of sp³-hybridized carbons (Fsp3) is 0.120. The highest BCUT2D eigenvalue weighted by Gasteiger charge is 2.11. The van der Waals surface area contributed by atoms with Crippen molar-refractivity contribution in [3.05, 3.63) is 78.4 Å². The number of aliphatic imine (C=N–C) groups is 1. The number of aromatic nitrogens is 3. The van der Waals surface area contributed by atoms with Crippen molar-refractivity contribution in [2.75, 3.05) is 11.9 Å². The van der Waals surface area contributed by atoms with Crippen LogP contribution < -0.4 is 5.32 Å². The van der Waals surface area contributed by atoms with Crippen LogP contribution in [-0.4, -0.2) is 27.3 Å². The third-order valence-electron chi connectivity index (χ3n) is 5.47. The molecule has 1 N–H and O–H groups in total. The van der Waals surface area contributed by atoms with Crippen molar-refractivity contribution in [2.45, 2.75) is 6.42 Å². The van der Waals surface area contributed by atoms with E-state index in [1.165, 1.54) is 10.9 Å². The molecule has 31 heavy (non-hydrogen) atoms. The molecule has 0 amide bonds. The van der Waals surface area contributed by atoms with Gasteiger partial charge in [-0.05, 0) is 46.9 Å². The van der Waals surface area contributed by atoms with Gasteiger partial charge in [-0.25, -0.2) is 0 Å². The van der Waals surface area contributed by atoms with E-state index < -0.39 is 0 Å². The maximum absolute atomic E-state index is 9.23. The Hall–Kier alpha value is -4.24. The van der Waals surface area contributed by atoms with Crippen LogP contribution in [0.5, 0.6) is 0 Å². The van der Waals surface area contributed by atoms with E-state index in [4.69, 9.17) is 0 Å². The van der Waals surface area contributed by atoms with Crippen LogP contribution in [-0.2, 0) is 7.05 Å². The summed E-state index contributed by atoms with van der Waals surface area (Å²) in [5.41, 5.74) is 7.70. The lowest BCUT2D eigenvalue weighted by Crippen LogP contribution is -2.06. The molecule has 5 rings (SSSR count). The first kappa shape index (κ1) is 18.8. The lowest BCUT2D eigenvalue weighted by Gasteiger charge is -2.13. The molecule has 0 fully saturated rings. The minimum Gasteiger partial charge on any atom is -0.381 e. The fourth-order valence-corrected chi connectivity index (χ4v) is 3.86. The van der Waals surface area contributed by atoms with Gasteiger partial charge in [0.1, 0.15) is 0 Å². The fourth-order valence-electron chi connectivity index (χ4n) is 3.86. The minimum absolute atomic E-state index is 0.591. The average Bonchev–Trinajstić information content (AvgIpc) is 3.02. The highest BCUT2D eigenvalue weighted by atomic mass is 14.9. The van der Waals surface area contributed by atoms with Crippen molar-refractivity contribution in [1.29, 1.82) is 5.26 Å². The summed E-state index contributed by atoms with van der Waals surface area (Å²) in [4.78, 5) is 13.4. The molecule has 3 heterocycles. The lowest BCUT2D eigenvalue weighted by molar-refractivity contribution is 0.969. The summed E-state index contributed by atoms with van der Waals surface area (Å²) in [7, 11) is 2.05. The molecule has 0 radical (unpaired) electrons. The first-order chi connectivity index (χ1) is 15.2. The Kier molecular flexibility index (Phi) is 4.77. The number of nitriles is 1. The topological polar surface area (TPSA) is 78.9 Å². The largest absolute Gasteiger partial charge is 0.381 e. The molecule has 0 atom stereocenters. The molecule has 150 valence electrons. The van der Waals surface area contributed by atoms with E-state index in [9.17, 15) is 5.26 Å². The van der Waals surface area contributed by atoms with Gasteiger partial charge in [0, 0.05) is 73.4 Å². The van der Waals surface area contributed by atoms with E-state index in [1.54, 1.807) is 24.7 Å². The van der Waals surface area contributed by atoms with Crippen molar-refractivity contribution in [2.24, 2.45) is 12.0 Å². The number of hydrogen-bond acceptors (Lipinski definition) is 5. The standard InChI is InChI=1S/C25H20N6/c1-31-9-5-19-2-3-20(11-24(19)31)22-12-21(13-23-25(22)29-8-7-28-23)30-16-18-10-17(14-26)4-6-27-15-18/h2-9,11-13,15,30H,10,16H2,1H3. The van der Waals surface area contributed by atoms with Crippen molar-refractivity contribution in [3.63, 3.8) is 0 Å². The van der Waals surface area contributed by atoms with E-state index in [0.717, 1.165) is 33.4 Å². The Labute approximate surface area is 179 Å². The second-order valence-corrected chi connectivity index (χ2v) is 7.57. The van der Waals surface area contributed by atoms with Gasteiger partial charge in [0.2, 0.25) is 0 Å². The van der Waals surface area contributed by atoms with Crippen LogP contribution in [0.15, 0.2) is 83.4 Å². The van der Waals surface area contributed by atoms with Gasteiger partial charge in [-0.2, -0.15) is 5.26 Å². The second kappa shape index (κ2) is 7.88. The van der Waals surface area contributed by atoms with Gasteiger partial charge in [-0.15, -0.1) is 0 Å². The molecule has 0 bridgehead atoms. The Morgan fingerprint density at radius 3 is 2.94 bits per heavy atom. The summed E-state index contributed by atoms with van der Waals surface area (Å²) in [5, 5.41) is 13.9. The van der Waals surface area contributed by atoms with Crippen LogP contribution in [0, 0.1) is 11.3 Å². The van der Waals surface area contributed by atoms with Crippen LogP contribution in [0.2, 0.25) is 0 Å². The highest BCUT2D eigenvalue weighted by Crippen LogP contribution is 2.32. The molecule has 0 saturated heterocycles. The number of allylic oxidation sites excluding steroid dienone is 2. The summed E-state index contributed by atoms with van der Waals surface area (Å²) in [6.45, 7) is 0.596. The van der Waals surface area contributed by atoms with E-state index in [2.05, 4.69) is 74.5 Å². The molecule has 1 aliphatic rings. The predicted molar refractivity (Wildman–Crippen MR) is 125 cm³/mol. The van der Waals surface area contributed by atoms with Crippen molar-refractivity contribution < 1.29 is 0 Å². The van der Waals surface area contributed by atoms with Gasteiger partial charge in [0.05, 0.1) is 17.1 Å². The molecule has 4 aromatic rings. The van der Waals surface area contributed by atoms with E-state index in [0.29, 0.717) is 18.5 Å². The predicted octanol–water partition coefficient (Wildman–Crippen LogP) is 5.01. The lowest BCUT2D eigenvalue weighted by atomic mass is 10.0. The molecular formula is C25H20N6. The molecule has 2 aromatic heterocycles. The van der Waals surface area contributed by atoms with Crippen molar-refractivity contribution in [3.8, 4) is 17.2 Å². The molecule has 1 aliphatic heterocycles. The maximum atomic E-state index is 9.23. The summed E-state index contributed by atoms with van der Waals surface area (Å²) < 4.78 is 2.12. The smallest absolute Gasteiger partial charge is 0.0966 e. The summed E-state index contributed by atoms with van der Waals surface area (Å²) >= 11 is 0. The molecule has 0 unspecified atom stereocenters. The van der Waals surface area contributed by atoms with Crippen molar-refractivity contribution >= 4 is 33.8 Å². The third-order valence-corrected chi connectivity index (χ3v) is 5.47. The molecule has 0 aliphatic carbocycles. The average molecular weight is 404 g/mol. The number of anilines is 1. The molecule has 6 nitrogen and oxygen atoms in total. The molecule has 2 aromatic carbocycles. The van der Waals surface area contributed by atoms with Gasteiger partial charge in [-0.1, -0.05) is 12.1 Å². The van der Waals surface area contributed by atoms with Crippen LogP contribution in [0.3, 0.4) is 0 Å². The Morgan fingerprint density at radius 2 is 2.03 bits per heavy atom. The third kappa shape index (κ3) is 3.69. The van der Waals surface area contributed by atoms with E-state index in [-0.39, 0.29) is 0 Å². The quantitative estimate of drug-likeness (QED) is 0.519. The monoisotopic (exact) mass is 404 g/mol. The number of nitrogens with zero attached hydrogens (tertiary/aromatic N) is 5. The normalized spacial score (nSPS) is 13.5. The minimum atomic E-state index is 0.591. The zero-order chi connectivity index (χ0) is 21.2. The van der Waals surface area contributed by atoms with Gasteiger partial charge >= 0.3 is 0 Å². The van der Waals surface area contributed by atoms with Crippen LogP contribution >= 0.6 is 0 Å². The summed E-state index contributed by atoms with van der Waals surface area (Å²) in [6, 6.07) is 14.9. The molecule has 0 saturated carbocycles. The summed E-state index contributed by atoms with van der Waals surface area (Å²) in [5.74, 6) is 0. The number of fused-ring (bicyclic) bond motifs is 2. The van der Waals surface area contributed by atoms with E-state index >= 15 is 0 Å².